The predicted molar refractivity (Wildman–Crippen MR) is 165 cm³/mol. The summed E-state index contributed by atoms with van der Waals surface area (Å²) < 4.78 is 67.2. The van der Waals surface area contributed by atoms with Crippen LogP contribution in [0.25, 0.3) is 0 Å². The Labute approximate surface area is 254 Å². The quantitative estimate of drug-likeness (QED) is 0.268. The molecular weight excluding hydrogens is 585 g/mol. The minimum absolute atomic E-state index is 0.0232. The maximum atomic E-state index is 14.3. The average molecular weight is 623 g/mol. The molecule has 9 heteroatoms. The number of allylic oxidation sites excluding steroid dienone is 5. The molecule has 0 spiro atoms. The number of benzene rings is 2. The van der Waals surface area contributed by atoms with Gasteiger partial charge < -0.3 is 9.47 Å². The maximum Gasteiger partial charge on any atom is 0.314 e. The molecule has 7 nitrogen and oxygen atoms in total. The summed E-state index contributed by atoms with van der Waals surface area (Å²) in [6.45, 7) is 8.00. The van der Waals surface area contributed by atoms with Gasteiger partial charge in [-0.15, -0.1) is 0 Å². The summed E-state index contributed by atoms with van der Waals surface area (Å²) >= 11 is 0. The molecule has 0 fully saturated rings. The molecule has 2 aliphatic carbocycles. The van der Waals surface area contributed by atoms with E-state index in [0.29, 0.717) is 11.3 Å². The third-order valence-electron chi connectivity index (χ3n) is 8.82. The van der Waals surface area contributed by atoms with Crippen LogP contribution in [0.15, 0.2) is 117 Å². The topological polar surface area (TPSA) is 104 Å². The number of carbonyl (C=O) groups excluding carboxylic acids is 1. The SMILES string of the molecule is COC(=O)[C@H]1C2=C(CCS(=O)(=O)c3ccccc3)OC3(C)C=CC(C(C)C)=CC(C(C)=C[C@@H]1S(=O)(=O)c1ccccc1)C23. The minimum atomic E-state index is -4.08. The molecule has 0 N–H and O–H groups in total. The molecule has 1 heterocycles. The molecule has 5 atom stereocenters. The van der Waals surface area contributed by atoms with Crippen molar-refractivity contribution in [2.75, 3.05) is 12.9 Å². The lowest BCUT2D eigenvalue weighted by Crippen LogP contribution is -2.40. The fourth-order valence-corrected chi connectivity index (χ4v) is 9.68. The minimum Gasteiger partial charge on any atom is -0.487 e. The molecule has 0 amide bonds. The van der Waals surface area contributed by atoms with Crippen molar-refractivity contribution in [3.63, 3.8) is 0 Å². The van der Waals surface area contributed by atoms with E-state index >= 15 is 0 Å². The summed E-state index contributed by atoms with van der Waals surface area (Å²) in [5.74, 6) is -2.44. The number of carbonyl (C=O) groups is 1. The van der Waals surface area contributed by atoms with Gasteiger partial charge in [-0.25, -0.2) is 16.8 Å². The van der Waals surface area contributed by atoms with E-state index in [1.54, 1.807) is 54.6 Å². The van der Waals surface area contributed by atoms with Crippen molar-refractivity contribution >= 4 is 25.6 Å². The first kappa shape index (κ1) is 31.0. The zero-order chi connectivity index (χ0) is 31.2. The van der Waals surface area contributed by atoms with Crippen molar-refractivity contribution < 1.29 is 31.1 Å². The zero-order valence-electron chi connectivity index (χ0n) is 25.1. The number of hydrogen-bond donors (Lipinski definition) is 0. The molecule has 43 heavy (non-hydrogen) atoms. The predicted octanol–water partition coefficient (Wildman–Crippen LogP) is 5.87. The van der Waals surface area contributed by atoms with E-state index in [1.807, 2.05) is 26.0 Å². The van der Waals surface area contributed by atoms with Gasteiger partial charge in [0.2, 0.25) is 0 Å². The van der Waals surface area contributed by atoms with Crippen LogP contribution in [0.5, 0.6) is 0 Å². The Balaban J connectivity index is 1.74. The van der Waals surface area contributed by atoms with E-state index < -0.39 is 48.3 Å². The Morgan fingerprint density at radius 1 is 0.953 bits per heavy atom. The largest absolute Gasteiger partial charge is 0.487 e. The number of sulfone groups is 2. The van der Waals surface area contributed by atoms with Gasteiger partial charge >= 0.3 is 5.97 Å². The fourth-order valence-electron chi connectivity index (χ4n) is 6.56. The summed E-state index contributed by atoms with van der Waals surface area (Å²) in [6.07, 6.45) is 7.81. The van der Waals surface area contributed by atoms with E-state index in [0.717, 1.165) is 11.1 Å². The summed E-state index contributed by atoms with van der Waals surface area (Å²) in [5, 5.41) is -1.28. The highest BCUT2D eigenvalue weighted by Crippen LogP contribution is 2.55. The van der Waals surface area contributed by atoms with E-state index in [-0.39, 0.29) is 33.8 Å². The van der Waals surface area contributed by atoms with Crippen LogP contribution in [0.3, 0.4) is 0 Å². The Kier molecular flexibility index (Phi) is 8.35. The van der Waals surface area contributed by atoms with Crippen molar-refractivity contribution in [1.82, 2.24) is 0 Å². The molecule has 2 aromatic rings. The Morgan fingerprint density at radius 3 is 2.14 bits per heavy atom. The Bertz CT molecular complexity index is 1730. The summed E-state index contributed by atoms with van der Waals surface area (Å²) in [4.78, 5) is 14.0. The molecule has 5 rings (SSSR count). The highest BCUT2D eigenvalue weighted by Gasteiger charge is 2.57. The van der Waals surface area contributed by atoms with E-state index in [2.05, 4.69) is 19.9 Å². The van der Waals surface area contributed by atoms with Gasteiger partial charge in [-0.05, 0) is 61.3 Å². The van der Waals surface area contributed by atoms with Crippen LogP contribution in [-0.4, -0.2) is 46.5 Å². The first-order valence-corrected chi connectivity index (χ1v) is 17.7. The second kappa shape index (κ2) is 11.6. The second-order valence-electron chi connectivity index (χ2n) is 11.9. The first-order chi connectivity index (χ1) is 20.3. The number of methoxy groups -OCH3 is 1. The van der Waals surface area contributed by atoms with Gasteiger partial charge in [-0.3, -0.25) is 4.79 Å². The van der Waals surface area contributed by atoms with Crippen molar-refractivity contribution in [3.8, 4) is 0 Å². The van der Waals surface area contributed by atoms with Crippen LogP contribution in [0, 0.1) is 23.7 Å². The molecule has 3 aliphatic rings. The van der Waals surface area contributed by atoms with Crippen LogP contribution < -0.4 is 0 Å². The van der Waals surface area contributed by atoms with Crippen molar-refractivity contribution in [2.45, 2.75) is 54.8 Å². The van der Waals surface area contributed by atoms with E-state index in [1.165, 1.54) is 19.2 Å². The maximum absolute atomic E-state index is 14.3. The highest BCUT2D eigenvalue weighted by atomic mass is 32.2. The molecular formula is C34H38O7S2. The molecule has 0 bridgehead atoms. The normalized spacial score (nSPS) is 27.0. The molecule has 1 aliphatic heterocycles. The lowest BCUT2D eigenvalue weighted by Gasteiger charge is -2.34. The summed E-state index contributed by atoms with van der Waals surface area (Å²) in [6, 6.07) is 16.2. The number of esters is 1. The average Bonchev–Trinajstić information content (AvgIpc) is 3.09. The molecule has 0 radical (unpaired) electrons. The smallest absolute Gasteiger partial charge is 0.314 e. The van der Waals surface area contributed by atoms with Gasteiger partial charge in [0.05, 0.1) is 28.4 Å². The van der Waals surface area contributed by atoms with E-state index in [9.17, 15) is 21.6 Å². The van der Waals surface area contributed by atoms with Gasteiger partial charge in [0.25, 0.3) is 0 Å². The second-order valence-corrected chi connectivity index (χ2v) is 16.2. The first-order valence-electron chi connectivity index (χ1n) is 14.5. The summed E-state index contributed by atoms with van der Waals surface area (Å²) in [7, 11) is -6.53. The van der Waals surface area contributed by atoms with Gasteiger partial charge in [0.1, 0.15) is 16.8 Å². The monoisotopic (exact) mass is 622 g/mol. The van der Waals surface area contributed by atoms with Crippen LogP contribution >= 0.6 is 0 Å². The Hall–Kier alpha value is -3.43. The van der Waals surface area contributed by atoms with Crippen LogP contribution in [0.2, 0.25) is 0 Å². The third kappa shape index (κ3) is 5.65. The lowest BCUT2D eigenvalue weighted by molar-refractivity contribution is -0.144. The van der Waals surface area contributed by atoms with E-state index in [4.69, 9.17) is 9.47 Å². The van der Waals surface area contributed by atoms with Crippen LogP contribution in [-0.2, 0) is 33.9 Å². The number of hydrogen-bond acceptors (Lipinski definition) is 7. The molecule has 0 saturated heterocycles. The number of rotatable bonds is 8. The van der Waals surface area contributed by atoms with Gasteiger partial charge in [-0.1, -0.05) is 74.0 Å². The van der Waals surface area contributed by atoms with Crippen molar-refractivity contribution in [3.05, 3.63) is 107 Å². The number of ether oxygens (including phenoxy) is 2. The lowest BCUT2D eigenvalue weighted by atomic mass is 9.71. The zero-order valence-corrected chi connectivity index (χ0v) is 26.7. The van der Waals surface area contributed by atoms with Gasteiger partial charge in [0, 0.05) is 18.3 Å². The molecule has 0 aromatic heterocycles. The van der Waals surface area contributed by atoms with Crippen LogP contribution in [0.4, 0.5) is 0 Å². The highest BCUT2D eigenvalue weighted by molar-refractivity contribution is 7.92. The molecule has 0 saturated carbocycles. The summed E-state index contributed by atoms with van der Waals surface area (Å²) in [5.41, 5.74) is 1.41. The molecule has 228 valence electrons. The molecule has 3 unspecified atom stereocenters. The van der Waals surface area contributed by atoms with Crippen molar-refractivity contribution in [2.24, 2.45) is 23.7 Å². The van der Waals surface area contributed by atoms with Crippen molar-refractivity contribution in [1.29, 1.82) is 0 Å². The fraction of sp³-hybridized carbons (Fsp3) is 0.382. The molecule has 2 aromatic carbocycles. The van der Waals surface area contributed by atoms with Gasteiger partial charge in [-0.2, -0.15) is 0 Å². The van der Waals surface area contributed by atoms with Gasteiger partial charge in [0.15, 0.2) is 19.7 Å². The van der Waals surface area contributed by atoms with Crippen LogP contribution in [0.1, 0.15) is 34.1 Å². The Morgan fingerprint density at radius 2 is 1.56 bits per heavy atom. The standard InChI is InChI=1S/C34H38O7S2/c1-22(2)24-16-18-34(4)32-27(21-24)23(3)20-29(43(38,39)26-14-10-7-11-15-26)31(33(35)40-5)30(32)28(41-34)17-19-42(36,37)25-12-8-6-9-13-25/h6-16,18,20-22,27,29,31-32H,17,19H2,1-5H3/t27?,29-,31+,32?,34?/m0/s1. The third-order valence-corrected chi connectivity index (χ3v) is 12.6.